The van der Waals surface area contributed by atoms with Gasteiger partial charge in [-0.1, -0.05) is 13.3 Å². The zero-order valence-corrected chi connectivity index (χ0v) is 12.6. The van der Waals surface area contributed by atoms with Crippen LogP contribution in [0.2, 0.25) is 0 Å². The quantitative estimate of drug-likeness (QED) is 0.825. The average molecular weight is 266 g/mol. The van der Waals surface area contributed by atoms with Gasteiger partial charge in [-0.3, -0.25) is 0 Å². The van der Waals surface area contributed by atoms with Crippen LogP contribution < -0.4 is 5.32 Å². The predicted octanol–water partition coefficient (Wildman–Crippen LogP) is 2.12. The minimum Gasteiger partial charge on any atom is -0.374 e. The monoisotopic (exact) mass is 266 g/mol. The smallest absolute Gasteiger partial charge is 0.0855 e. The third-order valence-corrected chi connectivity index (χ3v) is 5.65. The summed E-state index contributed by atoms with van der Waals surface area (Å²) in [6.07, 6.45) is 7.77. The number of fused-ring (bicyclic) bond motifs is 2. The summed E-state index contributed by atoms with van der Waals surface area (Å²) in [5.41, 5.74) is 0. The summed E-state index contributed by atoms with van der Waals surface area (Å²) < 4.78 is 6.05. The highest BCUT2D eigenvalue weighted by Gasteiger charge is 2.41. The van der Waals surface area contributed by atoms with Crippen molar-refractivity contribution in [3.63, 3.8) is 0 Å². The van der Waals surface area contributed by atoms with Gasteiger partial charge in [0.05, 0.1) is 12.7 Å². The van der Waals surface area contributed by atoms with Crippen LogP contribution >= 0.6 is 0 Å². The molecule has 3 aliphatic rings. The molecule has 0 amide bonds. The fourth-order valence-electron chi connectivity index (χ4n) is 4.67. The molecule has 2 bridgehead atoms. The van der Waals surface area contributed by atoms with Crippen molar-refractivity contribution >= 4 is 0 Å². The summed E-state index contributed by atoms with van der Waals surface area (Å²) in [4.78, 5) is 2.42. The van der Waals surface area contributed by atoms with Crippen LogP contribution in [0.15, 0.2) is 0 Å². The van der Waals surface area contributed by atoms with E-state index in [1.54, 1.807) is 0 Å². The molecule has 2 saturated carbocycles. The third kappa shape index (κ3) is 3.14. The topological polar surface area (TPSA) is 24.5 Å². The molecule has 1 aliphatic heterocycles. The van der Waals surface area contributed by atoms with E-state index in [0.29, 0.717) is 12.1 Å². The maximum absolute atomic E-state index is 6.05. The largest absolute Gasteiger partial charge is 0.374 e. The molecule has 0 aromatic rings. The molecule has 0 aromatic carbocycles. The van der Waals surface area contributed by atoms with Gasteiger partial charge >= 0.3 is 0 Å². The first-order valence-corrected chi connectivity index (χ1v) is 8.29. The first-order valence-electron chi connectivity index (χ1n) is 8.29. The highest BCUT2D eigenvalue weighted by molar-refractivity contribution is 4.94. The van der Waals surface area contributed by atoms with E-state index in [9.17, 15) is 0 Å². The standard InChI is InChI=1S/C16H30N2O/c1-3-17-15(16-11-18(2)6-7-19-16)10-14-9-12-4-5-13(14)8-12/h12-17H,3-11H2,1-2H3. The van der Waals surface area contributed by atoms with Crippen molar-refractivity contribution in [2.24, 2.45) is 17.8 Å². The lowest BCUT2D eigenvalue weighted by Gasteiger charge is -2.37. The third-order valence-electron chi connectivity index (χ3n) is 5.65. The molecule has 3 nitrogen and oxygen atoms in total. The van der Waals surface area contributed by atoms with Crippen LogP contribution in [0.25, 0.3) is 0 Å². The highest BCUT2D eigenvalue weighted by Crippen LogP contribution is 2.50. The van der Waals surface area contributed by atoms with Crippen molar-refractivity contribution < 1.29 is 4.74 Å². The van der Waals surface area contributed by atoms with Crippen molar-refractivity contribution in [3.05, 3.63) is 0 Å². The summed E-state index contributed by atoms with van der Waals surface area (Å²) in [5, 5.41) is 3.71. The molecular formula is C16H30N2O. The van der Waals surface area contributed by atoms with Gasteiger partial charge in [0.15, 0.2) is 0 Å². The summed E-state index contributed by atoms with van der Waals surface area (Å²) in [6.45, 7) is 6.37. The molecule has 5 unspecified atom stereocenters. The number of hydrogen-bond donors (Lipinski definition) is 1. The van der Waals surface area contributed by atoms with Gasteiger partial charge in [-0.2, -0.15) is 0 Å². The molecule has 3 rings (SSSR count). The number of nitrogens with one attached hydrogen (secondary N) is 1. The molecule has 0 aromatic heterocycles. The normalized spacial score (nSPS) is 40.7. The Morgan fingerprint density at radius 1 is 1.32 bits per heavy atom. The second kappa shape index (κ2) is 6.11. The Bertz CT molecular complexity index is 296. The number of nitrogens with zero attached hydrogens (tertiary/aromatic N) is 1. The fourth-order valence-corrected chi connectivity index (χ4v) is 4.67. The molecule has 19 heavy (non-hydrogen) atoms. The Labute approximate surface area is 118 Å². The predicted molar refractivity (Wildman–Crippen MR) is 78.3 cm³/mol. The van der Waals surface area contributed by atoms with E-state index in [2.05, 4.69) is 24.2 Å². The maximum atomic E-state index is 6.05. The summed E-state index contributed by atoms with van der Waals surface area (Å²) in [6, 6.07) is 0.567. The summed E-state index contributed by atoms with van der Waals surface area (Å²) in [7, 11) is 2.22. The Balaban J connectivity index is 1.57. The Morgan fingerprint density at radius 2 is 2.21 bits per heavy atom. The van der Waals surface area contributed by atoms with E-state index in [-0.39, 0.29) is 0 Å². The second-order valence-corrected chi connectivity index (χ2v) is 7.01. The van der Waals surface area contributed by atoms with E-state index in [4.69, 9.17) is 4.74 Å². The number of ether oxygens (including phenoxy) is 1. The number of hydrogen-bond acceptors (Lipinski definition) is 3. The first-order chi connectivity index (χ1) is 9.26. The average Bonchev–Trinajstić information content (AvgIpc) is 3.00. The van der Waals surface area contributed by atoms with Crippen molar-refractivity contribution in [1.82, 2.24) is 10.2 Å². The van der Waals surface area contributed by atoms with Crippen LogP contribution in [0.3, 0.4) is 0 Å². The molecule has 1 saturated heterocycles. The van der Waals surface area contributed by atoms with Gasteiger partial charge in [0, 0.05) is 19.1 Å². The molecule has 5 atom stereocenters. The zero-order valence-electron chi connectivity index (χ0n) is 12.6. The van der Waals surface area contributed by atoms with Gasteiger partial charge in [0.2, 0.25) is 0 Å². The molecule has 110 valence electrons. The van der Waals surface area contributed by atoms with E-state index in [1.165, 1.54) is 32.1 Å². The van der Waals surface area contributed by atoms with Crippen LogP contribution in [0.4, 0.5) is 0 Å². The van der Waals surface area contributed by atoms with Crippen molar-refractivity contribution in [2.75, 3.05) is 33.3 Å². The van der Waals surface area contributed by atoms with Gasteiger partial charge in [-0.05, 0) is 57.0 Å². The van der Waals surface area contributed by atoms with Gasteiger partial charge in [-0.25, -0.2) is 0 Å². The number of likely N-dealkylation sites (N-methyl/N-ethyl adjacent to an activating group) is 2. The van der Waals surface area contributed by atoms with Gasteiger partial charge in [-0.15, -0.1) is 0 Å². The van der Waals surface area contributed by atoms with E-state index in [0.717, 1.165) is 44.0 Å². The molecule has 0 radical (unpaired) electrons. The lowest BCUT2D eigenvalue weighted by molar-refractivity contribution is -0.0434. The van der Waals surface area contributed by atoms with Gasteiger partial charge < -0.3 is 15.0 Å². The van der Waals surface area contributed by atoms with Crippen molar-refractivity contribution in [1.29, 1.82) is 0 Å². The molecule has 0 spiro atoms. The lowest BCUT2D eigenvalue weighted by atomic mass is 9.83. The highest BCUT2D eigenvalue weighted by atomic mass is 16.5. The van der Waals surface area contributed by atoms with E-state index >= 15 is 0 Å². The second-order valence-electron chi connectivity index (χ2n) is 7.01. The number of rotatable bonds is 5. The van der Waals surface area contributed by atoms with E-state index in [1.807, 2.05) is 0 Å². The molecule has 3 heteroatoms. The van der Waals surface area contributed by atoms with Crippen molar-refractivity contribution in [3.8, 4) is 0 Å². The van der Waals surface area contributed by atoms with Gasteiger partial charge in [0.25, 0.3) is 0 Å². The molecule has 1 N–H and O–H groups in total. The molecule has 2 aliphatic carbocycles. The number of morpholine rings is 1. The molecular weight excluding hydrogens is 236 g/mol. The van der Waals surface area contributed by atoms with Crippen LogP contribution in [0, 0.1) is 17.8 Å². The Kier molecular flexibility index (Phi) is 4.45. The SMILES string of the molecule is CCNC(CC1CC2CCC1C2)C1CN(C)CCO1. The van der Waals surface area contributed by atoms with E-state index < -0.39 is 0 Å². The Hall–Kier alpha value is -0.120. The fraction of sp³-hybridized carbons (Fsp3) is 1.00. The first kappa shape index (κ1) is 13.8. The summed E-state index contributed by atoms with van der Waals surface area (Å²) in [5.74, 6) is 3.07. The van der Waals surface area contributed by atoms with Crippen LogP contribution in [-0.4, -0.2) is 50.3 Å². The van der Waals surface area contributed by atoms with Gasteiger partial charge in [0.1, 0.15) is 0 Å². The van der Waals surface area contributed by atoms with Crippen LogP contribution in [-0.2, 0) is 4.74 Å². The maximum Gasteiger partial charge on any atom is 0.0855 e. The lowest BCUT2D eigenvalue weighted by Crippen LogP contribution is -2.52. The van der Waals surface area contributed by atoms with Crippen LogP contribution in [0.1, 0.15) is 39.0 Å². The minimum atomic E-state index is 0.401. The Morgan fingerprint density at radius 3 is 2.84 bits per heavy atom. The van der Waals surface area contributed by atoms with Crippen molar-refractivity contribution in [2.45, 2.75) is 51.2 Å². The molecule has 1 heterocycles. The van der Waals surface area contributed by atoms with Crippen LogP contribution in [0.5, 0.6) is 0 Å². The molecule has 3 fully saturated rings. The zero-order chi connectivity index (χ0) is 13.2. The summed E-state index contributed by atoms with van der Waals surface area (Å²) >= 11 is 0. The minimum absolute atomic E-state index is 0.401.